The number of rotatable bonds is 7. The first-order valence-electron chi connectivity index (χ1n) is 11.8. The standard InChI is InChI=1S/C28H32N2O3S/c1-21-9-8-11-23(19-21)20-34(32,33)30-17-15-25(16-18-30)28(31)29-27(24-12-4-3-5-13-24)26-14-7-6-10-22(26)2/h3-14,19,25,27H,15-18,20H2,1-2H3,(H,29,31)/t27-/m0/s1. The van der Waals surface area contributed by atoms with Gasteiger partial charge in [0.25, 0.3) is 0 Å². The molecule has 5 nitrogen and oxygen atoms in total. The van der Waals surface area contributed by atoms with Gasteiger partial charge in [-0.2, -0.15) is 0 Å². The van der Waals surface area contributed by atoms with Crippen LogP contribution in [-0.4, -0.2) is 31.7 Å². The van der Waals surface area contributed by atoms with E-state index in [2.05, 4.69) is 18.3 Å². The number of amides is 1. The van der Waals surface area contributed by atoms with E-state index >= 15 is 0 Å². The fourth-order valence-electron chi connectivity index (χ4n) is 4.66. The number of nitrogens with one attached hydrogen (secondary N) is 1. The van der Waals surface area contributed by atoms with Crippen LogP contribution in [0.25, 0.3) is 0 Å². The molecule has 0 unspecified atom stereocenters. The minimum atomic E-state index is -3.42. The summed E-state index contributed by atoms with van der Waals surface area (Å²) < 4.78 is 27.4. The largest absolute Gasteiger partial charge is 0.345 e. The molecule has 3 aromatic rings. The molecule has 0 saturated carbocycles. The van der Waals surface area contributed by atoms with Gasteiger partial charge in [-0.15, -0.1) is 0 Å². The van der Waals surface area contributed by atoms with E-state index in [1.165, 1.54) is 4.31 Å². The smallest absolute Gasteiger partial charge is 0.223 e. The van der Waals surface area contributed by atoms with Crippen molar-refractivity contribution in [3.63, 3.8) is 0 Å². The van der Waals surface area contributed by atoms with Crippen LogP contribution in [0.5, 0.6) is 0 Å². The molecule has 6 heteroatoms. The molecule has 1 N–H and O–H groups in total. The highest BCUT2D eigenvalue weighted by Gasteiger charge is 2.32. The topological polar surface area (TPSA) is 66.5 Å². The molecule has 0 bridgehead atoms. The molecule has 1 aliphatic rings. The molecule has 1 heterocycles. The van der Waals surface area contributed by atoms with Crippen molar-refractivity contribution in [2.45, 2.75) is 38.5 Å². The van der Waals surface area contributed by atoms with Crippen LogP contribution in [-0.2, 0) is 20.6 Å². The molecule has 4 rings (SSSR count). The molecule has 178 valence electrons. The normalized spacial score (nSPS) is 16.2. The highest BCUT2D eigenvalue weighted by molar-refractivity contribution is 7.88. The Hall–Kier alpha value is -2.96. The Morgan fingerprint density at radius 3 is 2.29 bits per heavy atom. The highest BCUT2D eigenvalue weighted by atomic mass is 32.2. The molecule has 1 fully saturated rings. The predicted octanol–water partition coefficient (Wildman–Crippen LogP) is 4.75. The van der Waals surface area contributed by atoms with Crippen molar-refractivity contribution in [1.29, 1.82) is 0 Å². The number of piperidine rings is 1. The molecule has 0 spiro atoms. The maximum Gasteiger partial charge on any atom is 0.223 e. The Bertz CT molecular complexity index is 1230. The summed E-state index contributed by atoms with van der Waals surface area (Å²) in [4.78, 5) is 13.3. The summed E-state index contributed by atoms with van der Waals surface area (Å²) in [5, 5.41) is 3.25. The van der Waals surface area contributed by atoms with E-state index in [1.807, 2.05) is 79.7 Å². The first kappa shape index (κ1) is 24.2. The SMILES string of the molecule is Cc1cccc(CS(=O)(=O)N2CCC(C(=O)N[C@@H](c3ccccc3)c3ccccc3C)CC2)c1. The monoisotopic (exact) mass is 476 g/mol. The highest BCUT2D eigenvalue weighted by Crippen LogP contribution is 2.27. The first-order chi connectivity index (χ1) is 16.3. The van der Waals surface area contributed by atoms with Crippen molar-refractivity contribution in [3.8, 4) is 0 Å². The Kier molecular flexibility index (Phi) is 7.49. The number of aryl methyl sites for hydroxylation is 2. The average molecular weight is 477 g/mol. The second kappa shape index (κ2) is 10.5. The molecule has 34 heavy (non-hydrogen) atoms. The van der Waals surface area contributed by atoms with Gasteiger partial charge < -0.3 is 5.32 Å². The van der Waals surface area contributed by atoms with E-state index in [1.54, 1.807) is 0 Å². The molecule has 0 aliphatic carbocycles. The maximum atomic E-state index is 13.3. The van der Waals surface area contributed by atoms with E-state index in [9.17, 15) is 13.2 Å². The summed E-state index contributed by atoms with van der Waals surface area (Å²) in [5.41, 5.74) is 5.06. The number of carbonyl (C=O) groups excluding carboxylic acids is 1. The van der Waals surface area contributed by atoms with Crippen LogP contribution in [0.1, 0.15) is 46.7 Å². The van der Waals surface area contributed by atoms with Gasteiger partial charge in [0.2, 0.25) is 15.9 Å². The summed E-state index contributed by atoms with van der Waals surface area (Å²) >= 11 is 0. The van der Waals surface area contributed by atoms with Crippen molar-refractivity contribution >= 4 is 15.9 Å². The fraction of sp³-hybridized carbons (Fsp3) is 0.321. The summed E-state index contributed by atoms with van der Waals surface area (Å²) in [7, 11) is -3.42. The van der Waals surface area contributed by atoms with Crippen molar-refractivity contribution in [2.75, 3.05) is 13.1 Å². The van der Waals surface area contributed by atoms with Gasteiger partial charge in [0.15, 0.2) is 0 Å². The number of carbonyl (C=O) groups is 1. The van der Waals surface area contributed by atoms with Gasteiger partial charge >= 0.3 is 0 Å². The summed E-state index contributed by atoms with van der Waals surface area (Å²) in [6.45, 7) is 4.74. The minimum Gasteiger partial charge on any atom is -0.345 e. The van der Waals surface area contributed by atoms with Gasteiger partial charge in [0, 0.05) is 19.0 Å². The Morgan fingerprint density at radius 2 is 1.62 bits per heavy atom. The number of sulfonamides is 1. The van der Waals surface area contributed by atoms with Crippen molar-refractivity contribution < 1.29 is 13.2 Å². The second-order valence-electron chi connectivity index (χ2n) is 9.13. The van der Waals surface area contributed by atoms with Crippen LogP contribution < -0.4 is 5.32 Å². The van der Waals surface area contributed by atoms with E-state index in [0.29, 0.717) is 25.9 Å². The lowest BCUT2D eigenvalue weighted by Crippen LogP contribution is -2.44. The molecule has 1 amide bonds. The molecule has 0 aromatic heterocycles. The van der Waals surface area contributed by atoms with E-state index < -0.39 is 10.0 Å². The zero-order chi connectivity index (χ0) is 24.1. The van der Waals surface area contributed by atoms with Gasteiger partial charge in [-0.1, -0.05) is 84.4 Å². The molecular formula is C28H32N2O3S. The zero-order valence-corrected chi connectivity index (χ0v) is 20.6. The molecule has 1 atom stereocenters. The number of hydrogen-bond donors (Lipinski definition) is 1. The number of nitrogens with zero attached hydrogens (tertiary/aromatic N) is 1. The number of benzene rings is 3. The van der Waals surface area contributed by atoms with Gasteiger partial charge in [-0.05, 0) is 48.9 Å². The van der Waals surface area contributed by atoms with Crippen molar-refractivity contribution in [3.05, 3.63) is 107 Å². The Balaban J connectivity index is 1.42. The maximum absolute atomic E-state index is 13.3. The van der Waals surface area contributed by atoms with Crippen molar-refractivity contribution in [1.82, 2.24) is 9.62 Å². The zero-order valence-electron chi connectivity index (χ0n) is 19.8. The van der Waals surface area contributed by atoms with Crippen LogP contribution >= 0.6 is 0 Å². The lowest BCUT2D eigenvalue weighted by Gasteiger charge is -2.32. The quantitative estimate of drug-likeness (QED) is 0.535. The predicted molar refractivity (Wildman–Crippen MR) is 136 cm³/mol. The molecule has 1 aliphatic heterocycles. The van der Waals surface area contributed by atoms with Crippen LogP contribution in [0.2, 0.25) is 0 Å². The third-order valence-electron chi connectivity index (χ3n) is 6.57. The lowest BCUT2D eigenvalue weighted by molar-refractivity contribution is -0.126. The Labute approximate surface area is 202 Å². The van der Waals surface area contributed by atoms with Crippen LogP contribution in [0.3, 0.4) is 0 Å². The first-order valence-corrected chi connectivity index (χ1v) is 13.4. The Morgan fingerprint density at radius 1 is 0.941 bits per heavy atom. The van der Waals surface area contributed by atoms with Crippen LogP contribution in [0.15, 0.2) is 78.9 Å². The molecular weight excluding hydrogens is 444 g/mol. The van der Waals surface area contributed by atoms with E-state index in [4.69, 9.17) is 0 Å². The lowest BCUT2D eigenvalue weighted by atomic mass is 9.92. The molecule has 0 radical (unpaired) electrons. The summed E-state index contributed by atoms with van der Waals surface area (Å²) in [6.07, 6.45) is 1.04. The summed E-state index contributed by atoms with van der Waals surface area (Å²) in [6, 6.07) is 25.4. The van der Waals surface area contributed by atoms with E-state index in [-0.39, 0.29) is 23.6 Å². The minimum absolute atomic E-state index is 0.00505. The van der Waals surface area contributed by atoms with Gasteiger partial charge in [0.1, 0.15) is 0 Å². The van der Waals surface area contributed by atoms with Gasteiger partial charge in [-0.25, -0.2) is 12.7 Å². The third-order valence-corrected chi connectivity index (χ3v) is 8.42. The van der Waals surface area contributed by atoms with Crippen LogP contribution in [0.4, 0.5) is 0 Å². The van der Waals surface area contributed by atoms with Crippen molar-refractivity contribution in [2.24, 2.45) is 5.92 Å². The molecule has 3 aromatic carbocycles. The van der Waals surface area contributed by atoms with Gasteiger partial charge in [0.05, 0.1) is 11.8 Å². The average Bonchev–Trinajstić information content (AvgIpc) is 2.83. The van der Waals surface area contributed by atoms with E-state index in [0.717, 1.165) is 27.8 Å². The fourth-order valence-corrected chi connectivity index (χ4v) is 6.21. The summed E-state index contributed by atoms with van der Waals surface area (Å²) in [5.74, 6) is -0.233. The van der Waals surface area contributed by atoms with Gasteiger partial charge in [-0.3, -0.25) is 4.79 Å². The molecule has 1 saturated heterocycles. The number of hydrogen-bond acceptors (Lipinski definition) is 3. The third kappa shape index (κ3) is 5.75. The van der Waals surface area contributed by atoms with Crippen LogP contribution in [0, 0.1) is 19.8 Å². The second-order valence-corrected chi connectivity index (χ2v) is 11.1.